The van der Waals surface area contributed by atoms with Crippen molar-refractivity contribution < 1.29 is 0 Å². The van der Waals surface area contributed by atoms with E-state index in [9.17, 15) is 0 Å². The zero-order chi connectivity index (χ0) is 11.5. The van der Waals surface area contributed by atoms with Gasteiger partial charge >= 0.3 is 0 Å². The second-order valence-corrected chi connectivity index (χ2v) is 4.90. The van der Waals surface area contributed by atoms with Gasteiger partial charge in [0.25, 0.3) is 0 Å². The Balaban J connectivity index is 2.48. The van der Waals surface area contributed by atoms with Crippen LogP contribution < -0.4 is 0 Å². The molecule has 0 aliphatic carbocycles. The van der Waals surface area contributed by atoms with E-state index in [1.54, 1.807) is 11.3 Å². The topological polar surface area (TPSA) is 54.5 Å². The summed E-state index contributed by atoms with van der Waals surface area (Å²) in [5.74, 6) is 0.479. The van der Waals surface area contributed by atoms with Gasteiger partial charge in [-0.3, -0.25) is 0 Å². The molecule has 0 unspecified atom stereocenters. The predicted octanol–water partition coefficient (Wildman–Crippen LogP) is 2.53. The van der Waals surface area contributed by atoms with Gasteiger partial charge in [0.05, 0.1) is 4.88 Å². The molecule has 0 amide bonds. The summed E-state index contributed by atoms with van der Waals surface area (Å²) in [5, 5.41) is 18.9. The fourth-order valence-corrected chi connectivity index (χ4v) is 2.29. The molecule has 0 aliphatic heterocycles. The summed E-state index contributed by atoms with van der Waals surface area (Å²) >= 11 is 1.60. The summed E-state index contributed by atoms with van der Waals surface area (Å²) in [7, 11) is 0. The molecule has 2 aromatic rings. The molecule has 0 aliphatic rings. The summed E-state index contributed by atoms with van der Waals surface area (Å²) in [6.45, 7) is 5.01. The second-order valence-electron chi connectivity index (χ2n) is 3.95. The first kappa shape index (κ1) is 10.8. The molecule has 2 rings (SSSR count). The number of nitrogens with zero attached hydrogens (tertiary/aromatic N) is 4. The van der Waals surface area contributed by atoms with Crippen molar-refractivity contribution in [3.8, 4) is 16.6 Å². The molecule has 82 valence electrons. The van der Waals surface area contributed by atoms with Crippen molar-refractivity contribution in [2.45, 2.75) is 20.4 Å². The molecular formula is C11H12N4S. The Bertz CT molecular complexity index is 505. The largest absolute Gasteiger partial charge is 0.242 e. The lowest BCUT2D eigenvalue weighted by molar-refractivity contribution is 0.476. The van der Waals surface area contributed by atoms with Crippen LogP contribution in [0.2, 0.25) is 0 Å². The maximum absolute atomic E-state index is 9.00. The Morgan fingerprint density at radius 1 is 1.56 bits per heavy atom. The normalized spacial score (nSPS) is 10.6. The van der Waals surface area contributed by atoms with Gasteiger partial charge in [-0.1, -0.05) is 25.1 Å². The Labute approximate surface area is 98.1 Å². The van der Waals surface area contributed by atoms with Gasteiger partial charge in [-0.2, -0.15) is 5.26 Å². The summed E-state index contributed by atoms with van der Waals surface area (Å²) in [5.41, 5.74) is 1.24. The average Bonchev–Trinajstić information content (AvgIpc) is 2.84. The maximum atomic E-state index is 9.00. The van der Waals surface area contributed by atoms with Crippen LogP contribution in [0, 0.1) is 17.2 Å². The third kappa shape index (κ3) is 1.97. The molecule has 5 heteroatoms. The van der Waals surface area contributed by atoms with Crippen LogP contribution in [0.25, 0.3) is 10.6 Å². The van der Waals surface area contributed by atoms with Gasteiger partial charge in [0, 0.05) is 6.54 Å². The molecule has 0 bridgehead atoms. The molecule has 2 aromatic heterocycles. The van der Waals surface area contributed by atoms with Gasteiger partial charge in [-0.15, -0.1) is 16.4 Å². The highest BCUT2D eigenvalue weighted by Gasteiger charge is 2.15. The minimum absolute atomic E-state index is 0.406. The van der Waals surface area contributed by atoms with Gasteiger partial charge in [-0.05, 0) is 17.4 Å². The minimum Gasteiger partial charge on any atom is -0.242 e. The molecule has 4 nitrogen and oxygen atoms in total. The molecule has 2 heterocycles. The number of rotatable bonds is 3. The van der Waals surface area contributed by atoms with E-state index in [1.165, 1.54) is 0 Å². The molecule has 0 aromatic carbocycles. The fourth-order valence-electron chi connectivity index (χ4n) is 1.52. The first-order valence-electron chi connectivity index (χ1n) is 5.10. The number of nitriles is 1. The van der Waals surface area contributed by atoms with E-state index in [-0.39, 0.29) is 0 Å². The summed E-state index contributed by atoms with van der Waals surface area (Å²) in [6, 6.07) is 6.04. The van der Waals surface area contributed by atoms with Crippen molar-refractivity contribution in [2.24, 2.45) is 5.92 Å². The Morgan fingerprint density at radius 3 is 2.94 bits per heavy atom. The quantitative estimate of drug-likeness (QED) is 0.817. The third-order valence-corrected chi connectivity index (χ3v) is 3.01. The molecule has 16 heavy (non-hydrogen) atoms. The van der Waals surface area contributed by atoms with Crippen molar-refractivity contribution in [2.75, 3.05) is 0 Å². The molecule has 0 spiro atoms. The third-order valence-electron chi connectivity index (χ3n) is 2.13. The van der Waals surface area contributed by atoms with E-state index in [1.807, 2.05) is 22.2 Å². The lowest BCUT2D eigenvalue weighted by Gasteiger charge is -2.07. The highest BCUT2D eigenvalue weighted by molar-refractivity contribution is 7.13. The van der Waals surface area contributed by atoms with Crippen molar-refractivity contribution in [3.05, 3.63) is 23.2 Å². The van der Waals surface area contributed by atoms with Gasteiger partial charge in [0.1, 0.15) is 11.8 Å². The first-order chi connectivity index (χ1) is 7.72. The zero-order valence-corrected chi connectivity index (χ0v) is 10.0. The van der Waals surface area contributed by atoms with Crippen LogP contribution in [0.1, 0.15) is 19.5 Å². The van der Waals surface area contributed by atoms with Crippen molar-refractivity contribution in [1.82, 2.24) is 15.0 Å². The summed E-state index contributed by atoms with van der Waals surface area (Å²) < 4.78 is 1.81. The zero-order valence-electron chi connectivity index (χ0n) is 9.21. The van der Waals surface area contributed by atoms with E-state index in [4.69, 9.17) is 5.26 Å². The van der Waals surface area contributed by atoms with Gasteiger partial charge < -0.3 is 0 Å². The van der Waals surface area contributed by atoms with E-state index < -0.39 is 0 Å². The highest BCUT2D eigenvalue weighted by Crippen LogP contribution is 2.26. The SMILES string of the molecule is CC(C)Cn1nnc(C#N)c1-c1cccs1. The number of thiophene rings is 1. The maximum Gasteiger partial charge on any atom is 0.191 e. The van der Waals surface area contributed by atoms with E-state index in [0.717, 1.165) is 17.1 Å². The number of aromatic nitrogens is 3. The molecule has 0 saturated carbocycles. The molecule has 0 saturated heterocycles. The van der Waals surface area contributed by atoms with Crippen molar-refractivity contribution in [1.29, 1.82) is 5.26 Å². The van der Waals surface area contributed by atoms with E-state index in [0.29, 0.717) is 11.6 Å². The fraction of sp³-hybridized carbons (Fsp3) is 0.364. The molecule has 0 atom stereocenters. The molecule has 0 N–H and O–H groups in total. The van der Waals surface area contributed by atoms with E-state index >= 15 is 0 Å². The molecule has 0 radical (unpaired) electrons. The van der Waals surface area contributed by atoms with Gasteiger partial charge in [0.15, 0.2) is 5.69 Å². The minimum atomic E-state index is 0.406. The Morgan fingerprint density at radius 2 is 2.38 bits per heavy atom. The number of hydrogen-bond acceptors (Lipinski definition) is 4. The highest BCUT2D eigenvalue weighted by atomic mass is 32.1. The smallest absolute Gasteiger partial charge is 0.191 e. The van der Waals surface area contributed by atoms with Crippen molar-refractivity contribution >= 4 is 11.3 Å². The Kier molecular flexibility index (Phi) is 3.02. The summed E-state index contributed by atoms with van der Waals surface area (Å²) in [6.07, 6.45) is 0. The Hall–Kier alpha value is -1.67. The van der Waals surface area contributed by atoms with Crippen LogP contribution in [0.4, 0.5) is 0 Å². The van der Waals surface area contributed by atoms with Crippen LogP contribution in [-0.4, -0.2) is 15.0 Å². The molecular weight excluding hydrogens is 220 g/mol. The lowest BCUT2D eigenvalue weighted by Crippen LogP contribution is -2.07. The molecule has 0 fully saturated rings. The predicted molar refractivity (Wildman–Crippen MR) is 62.9 cm³/mol. The average molecular weight is 232 g/mol. The summed E-state index contributed by atoms with van der Waals surface area (Å²) in [4.78, 5) is 1.04. The van der Waals surface area contributed by atoms with Crippen LogP contribution in [0.5, 0.6) is 0 Å². The van der Waals surface area contributed by atoms with Gasteiger partial charge in [-0.25, -0.2) is 4.68 Å². The first-order valence-corrected chi connectivity index (χ1v) is 5.97. The number of hydrogen-bond donors (Lipinski definition) is 0. The van der Waals surface area contributed by atoms with Crippen LogP contribution in [-0.2, 0) is 6.54 Å². The standard InChI is InChI=1S/C11H12N4S/c1-8(2)7-15-11(9(6-12)13-14-15)10-4-3-5-16-10/h3-5,8H,7H2,1-2H3. The van der Waals surface area contributed by atoms with Crippen LogP contribution >= 0.6 is 11.3 Å². The van der Waals surface area contributed by atoms with E-state index in [2.05, 4.69) is 30.2 Å². The van der Waals surface area contributed by atoms with Crippen molar-refractivity contribution in [3.63, 3.8) is 0 Å². The van der Waals surface area contributed by atoms with Crippen LogP contribution in [0.3, 0.4) is 0 Å². The second kappa shape index (κ2) is 4.45. The monoisotopic (exact) mass is 232 g/mol. The van der Waals surface area contributed by atoms with Gasteiger partial charge in [0.2, 0.25) is 0 Å². The lowest BCUT2D eigenvalue weighted by atomic mass is 10.2. The van der Waals surface area contributed by atoms with Crippen LogP contribution in [0.15, 0.2) is 17.5 Å².